The lowest BCUT2D eigenvalue weighted by Gasteiger charge is -2.23. The highest BCUT2D eigenvalue weighted by Crippen LogP contribution is 2.32. The molecule has 0 unspecified atom stereocenters. The van der Waals surface area contributed by atoms with Crippen molar-refractivity contribution in [2.24, 2.45) is 0 Å². The number of aldehydes is 1. The third-order valence-electron chi connectivity index (χ3n) is 4.24. The molecule has 2 aromatic carbocycles. The van der Waals surface area contributed by atoms with Crippen LogP contribution in [0.4, 0.5) is 0 Å². The molecular formula is C20H19NO2. The number of hydrogen-bond acceptors (Lipinski definition) is 2. The number of carbonyl (C=O) groups is 2. The molecule has 116 valence electrons. The number of ketones is 1. The van der Waals surface area contributed by atoms with Gasteiger partial charge in [-0.1, -0.05) is 48.5 Å². The molecule has 3 rings (SSSR count). The van der Waals surface area contributed by atoms with E-state index < -0.39 is 5.54 Å². The second-order valence-electron chi connectivity index (χ2n) is 6.28. The van der Waals surface area contributed by atoms with Gasteiger partial charge in [0.2, 0.25) is 0 Å². The Morgan fingerprint density at radius 3 is 2.26 bits per heavy atom. The molecule has 1 heterocycles. The topological polar surface area (TPSA) is 39.1 Å². The summed E-state index contributed by atoms with van der Waals surface area (Å²) in [5.41, 5.74) is 2.33. The molecule has 0 N–H and O–H groups in total. The smallest absolute Gasteiger partial charge is 0.195 e. The summed E-state index contributed by atoms with van der Waals surface area (Å²) in [5.74, 6) is -0.0141. The van der Waals surface area contributed by atoms with Crippen LogP contribution in [0.25, 0.3) is 10.9 Å². The third-order valence-corrected chi connectivity index (χ3v) is 4.24. The molecule has 0 fully saturated rings. The SMILES string of the molecule is Cc1c(C(=O)c2ccccc2)c2ccccc2n1C(C)(C)C=O. The van der Waals surface area contributed by atoms with Gasteiger partial charge in [0.1, 0.15) is 6.29 Å². The minimum atomic E-state index is -0.709. The molecule has 3 nitrogen and oxygen atoms in total. The van der Waals surface area contributed by atoms with E-state index in [9.17, 15) is 9.59 Å². The van der Waals surface area contributed by atoms with Crippen LogP contribution in [0.15, 0.2) is 54.6 Å². The maximum absolute atomic E-state index is 13.0. The lowest BCUT2D eigenvalue weighted by Crippen LogP contribution is -2.29. The van der Waals surface area contributed by atoms with E-state index >= 15 is 0 Å². The molecule has 0 bridgehead atoms. The summed E-state index contributed by atoms with van der Waals surface area (Å²) in [6.07, 6.45) is 0.920. The van der Waals surface area contributed by atoms with Crippen molar-refractivity contribution in [3.05, 3.63) is 71.4 Å². The summed E-state index contributed by atoms with van der Waals surface area (Å²) < 4.78 is 1.95. The molecule has 0 aliphatic carbocycles. The van der Waals surface area contributed by atoms with Crippen LogP contribution in [0.1, 0.15) is 35.5 Å². The average molecular weight is 305 g/mol. The van der Waals surface area contributed by atoms with Crippen LogP contribution in [0, 0.1) is 6.92 Å². The van der Waals surface area contributed by atoms with E-state index in [1.807, 2.05) is 79.9 Å². The van der Waals surface area contributed by atoms with Crippen molar-refractivity contribution in [3.8, 4) is 0 Å². The highest BCUT2D eigenvalue weighted by molar-refractivity contribution is 6.17. The molecular weight excluding hydrogens is 286 g/mol. The Hall–Kier alpha value is -2.68. The first-order valence-electron chi connectivity index (χ1n) is 7.64. The predicted octanol–water partition coefficient (Wildman–Crippen LogP) is 4.11. The van der Waals surface area contributed by atoms with Crippen molar-refractivity contribution in [1.82, 2.24) is 4.57 Å². The van der Waals surface area contributed by atoms with Gasteiger partial charge in [0.15, 0.2) is 5.78 Å². The van der Waals surface area contributed by atoms with Crippen LogP contribution in [-0.2, 0) is 10.3 Å². The van der Waals surface area contributed by atoms with Gasteiger partial charge < -0.3 is 9.36 Å². The molecule has 0 amide bonds. The van der Waals surface area contributed by atoms with Gasteiger partial charge in [-0.25, -0.2) is 0 Å². The number of hydrogen-bond donors (Lipinski definition) is 0. The largest absolute Gasteiger partial charge is 0.332 e. The first kappa shape index (κ1) is 15.2. The van der Waals surface area contributed by atoms with Gasteiger partial charge in [-0.15, -0.1) is 0 Å². The molecule has 0 saturated heterocycles. The molecule has 0 radical (unpaired) electrons. The summed E-state index contributed by atoms with van der Waals surface area (Å²) in [6, 6.07) is 17.0. The molecule has 0 atom stereocenters. The third kappa shape index (κ3) is 2.38. The van der Waals surface area contributed by atoms with E-state index in [1.165, 1.54) is 0 Å². The molecule has 0 spiro atoms. The molecule has 0 aliphatic heterocycles. The van der Waals surface area contributed by atoms with E-state index in [1.54, 1.807) is 0 Å². The molecule has 23 heavy (non-hydrogen) atoms. The normalized spacial score (nSPS) is 11.6. The van der Waals surface area contributed by atoms with Crippen LogP contribution >= 0.6 is 0 Å². The number of benzene rings is 2. The van der Waals surface area contributed by atoms with Crippen molar-refractivity contribution >= 4 is 23.0 Å². The fourth-order valence-corrected chi connectivity index (χ4v) is 3.18. The van der Waals surface area contributed by atoms with Gasteiger partial charge >= 0.3 is 0 Å². The Labute approximate surface area is 135 Å². The van der Waals surface area contributed by atoms with Crippen LogP contribution in [0.3, 0.4) is 0 Å². The minimum Gasteiger partial charge on any atom is -0.332 e. The van der Waals surface area contributed by atoms with Crippen molar-refractivity contribution in [3.63, 3.8) is 0 Å². The maximum Gasteiger partial charge on any atom is 0.195 e. The van der Waals surface area contributed by atoms with Crippen molar-refractivity contribution < 1.29 is 9.59 Å². The average Bonchev–Trinajstić information content (AvgIpc) is 2.87. The van der Waals surface area contributed by atoms with Gasteiger partial charge in [-0.2, -0.15) is 0 Å². The Kier molecular flexibility index (Phi) is 3.64. The zero-order valence-corrected chi connectivity index (χ0v) is 13.5. The maximum atomic E-state index is 13.0. The van der Waals surface area contributed by atoms with Crippen molar-refractivity contribution in [2.75, 3.05) is 0 Å². The Morgan fingerprint density at radius 2 is 1.61 bits per heavy atom. The lowest BCUT2D eigenvalue weighted by atomic mass is 10.0. The van der Waals surface area contributed by atoms with E-state index in [0.29, 0.717) is 11.1 Å². The van der Waals surface area contributed by atoms with Gasteiger partial charge in [0, 0.05) is 22.2 Å². The number of nitrogens with zero attached hydrogens (tertiary/aromatic N) is 1. The quantitative estimate of drug-likeness (QED) is 0.537. The van der Waals surface area contributed by atoms with Gasteiger partial charge in [0.05, 0.1) is 11.1 Å². The second kappa shape index (κ2) is 5.51. The highest BCUT2D eigenvalue weighted by atomic mass is 16.1. The Balaban J connectivity index is 2.33. The lowest BCUT2D eigenvalue weighted by molar-refractivity contribution is -0.113. The van der Waals surface area contributed by atoms with Crippen LogP contribution in [0.2, 0.25) is 0 Å². The first-order valence-corrected chi connectivity index (χ1v) is 7.64. The number of rotatable bonds is 4. The fraction of sp³-hybridized carbons (Fsp3) is 0.200. The van der Waals surface area contributed by atoms with Gasteiger partial charge in [-0.05, 0) is 26.8 Å². The number of aromatic nitrogens is 1. The number of carbonyl (C=O) groups excluding carboxylic acids is 2. The van der Waals surface area contributed by atoms with Gasteiger partial charge in [-0.3, -0.25) is 4.79 Å². The summed E-state index contributed by atoms with van der Waals surface area (Å²) >= 11 is 0. The number of fused-ring (bicyclic) bond motifs is 1. The summed E-state index contributed by atoms with van der Waals surface area (Å²) in [6.45, 7) is 5.62. The van der Waals surface area contributed by atoms with Gasteiger partial charge in [0.25, 0.3) is 0 Å². The summed E-state index contributed by atoms with van der Waals surface area (Å²) in [5, 5.41) is 0.883. The zero-order chi connectivity index (χ0) is 16.6. The predicted molar refractivity (Wildman–Crippen MR) is 91.9 cm³/mol. The Morgan fingerprint density at radius 1 is 1.00 bits per heavy atom. The molecule has 3 aromatic rings. The first-order chi connectivity index (χ1) is 11.0. The molecule has 0 saturated carbocycles. The van der Waals surface area contributed by atoms with Crippen LogP contribution in [-0.4, -0.2) is 16.6 Å². The number of para-hydroxylation sites is 1. The summed E-state index contributed by atoms with van der Waals surface area (Å²) in [7, 11) is 0. The highest BCUT2D eigenvalue weighted by Gasteiger charge is 2.28. The molecule has 0 aliphatic rings. The van der Waals surface area contributed by atoms with E-state index in [4.69, 9.17) is 0 Å². The van der Waals surface area contributed by atoms with Crippen molar-refractivity contribution in [1.29, 1.82) is 0 Å². The van der Waals surface area contributed by atoms with Crippen molar-refractivity contribution in [2.45, 2.75) is 26.3 Å². The Bertz CT molecular complexity index is 889. The van der Waals surface area contributed by atoms with E-state index in [2.05, 4.69) is 0 Å². The fourth-order valence-electron chi connectivity index (χ4n) is 3.18. The molecule has 1 aromatic heterocycles. The molecule has 3 heteroatoms. The van der Waals surface area contributed by atoms with Crippen LogP contribution < -0.4 is 0 Å². The second-order valence-corrected chi connectivity index (χ2v) is 6.28. The zero-order valence-electron chi connectivity index (χ0n) is 13.5. The monoisotopic (exact) mass is 305 g/mol. The standard InChI is InChI=1S/C20H19NO2/c1-14-18(19(23)15-9-5-4-6-10-15)16-11-7-8-12-17(16)21(14)20(2,3)13-22/h4-13H,1-3H3. The van der Waals surface area contributed by atoms with E-state index in [-0.39, 0.29) is 5.78 Å². The minimum absolute atomic E-state index is 0.0141. The van der Waals surface area contributed by atoms with E-state index in [0.717, 1.165) is 22.9 Å². The summed E-state index contributed by atoms with van der Waals surface area (Å²) in [4.78, 5) is 24.6. The van der Waals surface area contributed by atoms with Crippen LogP contribution in [0.5, 0.6) is 0 Å².